The lowest BCUT2D eigenvalue weighted by atomic mass is 9.68. The fourth-order valence-electron chi connectivity index (χ4n) is 5.54. The number of benzene rings is 2. The molecule has 37 heavy (non-hydrogen) atoms. The highest BCUT2D eigenvalue weighted by Crippen LogP contribution is 2.47. The summed E-state index contributed by atoms with van der Waals surface area (Å²) in [5.74, 6) is -0.0372. The van der Waals surface area contributed by atoms with Crippen molar-refractivity contribution in [3.05, 3.63) is 85.7 Å². The topological polar surface area (TPSA) is 64.6 Å². The second-order valence-electron chi connectivity index (χ2n) is 11.0. The molecule has 1 heterocycles. The predicted molar refractivity (Wildman–Crippen MR) is 147 cm³/mol. The number of hydrogen-bond acceptors (Lipinski definition) is 5. The fraction of sp³-hybridized carbons (Fsp3) is 0.419. The molecule has 196 valence electrons. The number of allylic oxidation sites excluding steroid dienone is 3. The number of nitrogens with one attached hydrogen (secondary N) is 1. The van der Waals surface area contributed by atoms with Crippen molar-refractivity contribution < 1.29 is 19.1 Å². The van der Waals surface area contributed by atoms with Crippen molar-refractivity contribution in [3.63, 3.8) is 0 Å². The maximum Gasteiger partial charge on any atom is 0.336 e. The molecular formula is C31H36ClNO4. The van der Waals surface area contributed by atoms with Crippen molar-refractivity contribution in [1.29, 1.82) is 0 Å². The van der Waals surface area contributed by atoms with E-state index in [1.807, 2.05) is 39.0 Å². The predicted octanol–water partition coefficient (Wildman–Crippen LogP) is 7.01. The van der Waals surface area contributed by atoms with Crippen LogP contribution in [-0.2, 0) is 20.9 Å². The number of esters is 1. The van der Waals surface area contributed by atoms with Gasteiger partial charge in [-0.3, -0.25) is 4.79 Å². The zero-order chi connectivity index (χ0) is 27.1. The maximum absolute atomic E-state index is 13.6. The number of Topliss-reactive ketones (excluding diaryl/α,β-unsaturated/α-hetero) is 1. The fourth-order valence-corrected chi connectivity index (χ4v) is 5.77. The molecule has 6 heteroatoms. The molecule has 4 rings (SSSR count). The molecule has 0 fully saturated rings. The Bertz CT molecular complexity index is 1330. The summed E-state index contributed by atoms with van der Waals surface area (Å²) in [6, 6.07) is 9.77. The minimum atomic E-state index is -0.490. The van der Waals surface area contributed by atoms with E-state index in [4.69, 9.17) is 21.1 Å². The molecule has 1 aliphatic heterocycles. The largest absolute Gasteiger partial charge is 0.489 e. The Morgan fingerprint density at radius 2 is 1.78 bits per heavy atom. The molecule has 5 nitrogen and oxygen atoms in total. The van der Waals surface area contributed by atoms with Crippen molar-refractivity contribution in [3.8, 4) is 5.75 Å². The molecule has 0 unspecified atom stereocenters. The van der Waals surface area contributed by atoms with E-state index >= 15 is 0 Å². The van der Waals surface area contributed by atoms with Gasteiger partial charge in [-0.2, -0.15) is 0 Å². The van der Waals surface area contributed by atoms with Gasteiger partial charge in [0.2, 0.25) is 0 Å². The summed E-state index contributed by atoms with van der Waals surface area (Å²) in [6.45, 7) is 14.6. The van der Waals surface area contributed by atoms with Gasteiger partial charge in [0.05, 0.1) is 12.2 Å². The zero-order valence-electron chi connectivity index (χ0n) is 22.8. The molecule has 2 aromatic carbocycles. The first-order chi connectivity index (χ1) is 17.4. The normalized spacial score (nSPS) is 18.9. The monoisotopic (exact) mass is 521 g/mol. The van der Waals surface area contributed by atoms with Crippen LogP contribution in [0.3, 0.4) is 0 Å². The second-order valence-corrected chi connectivity index (χ2v) is 11.4. The first kappa shape index (κ1) is 27.0. The Morgan fingerprint density at radius 3 is 2.46 bits per heavy atom. The molecule has 0 radical (unpaired) electrons. The summed E-state index contributed by atoms with van der Waals surface area (Å²) in [7, 11) is 0. The van der Waals surface area contributed by atoms with Gasteiger partial charge in [-0.1, -0.05) is 37.6 Å². The lowest BCUT2D eigenvalue weighted by molar-refractivity contribution is -0.138. The SMILES string of the molecule is CCOC(=O)C1=C(C)NC2=C(C(=O)CC(C)(C)C2)[C@@H]1c1cc(COc2ccc(Cl)cc2C)c(C)cc1C. The molecular weight excluding hydrogens is 486 g/mol. The highest BCUT2D eigenvalue weighted by Gasteiger charge is 2.43. The van der Waals surface area contributed by atoms with Gasteiger partial charge in [-0.05, 0) is 92.5 Å². The Kier molecular flexibility index (Phi) is 7.57. The van der Waals surface area contributed by atoms with Crippen LogP contribution in [-0.4, -0.2) is 18.4 Å². The molecule has 2 aromatic rings. The van der Waals surface area contributed by atoms with E-state index in [2.05, 4.69) is 38.2 Å². The molecule has 0 spiro atoms. The number of halogens is 1. The van der Waals surface area contributed by atoms with E-state index in [9.17, 15) is 9.59 Å². The molecule has 0 saturated heterocycles. The van der Waals surface area contributed by atoms with Crippen molar-refractivity contribution >= 4 is 23.4 Å². The summed E-state index contributed by atoms with van der Waals surface area (Å²) in [4.78, 5) is 26.8. The smallest absolute Gasteiger partial charge is 0.336 e. The van der Waals surface area contributed by atoms with Crippen LogP contribution in [0.4, 0.5) is 0 Å². The van der Waals surface area contributed by atoms with Crippen LogP contribution in [0.25, 0.3) is 0 Å². The highest BCUT2D eigenvalue weighted by molar-refractivity contribution is 6.30. The Labute approximate surface area is 224 Å². The first-order valence-electron chi connectivity index (χ1n) is 12.8. The highest BCUT2D eigenvalue weighted by atomic mass is 35.5. The van der Waals surface area contributed by atoms with Crippen LogP contribution in [0.1, 0.15) is 74.3 Å². The lowest BCUT2D eigenvalue weighted by Gasteiger charge is -2.40. The van der Waals surface area contributed by atoms with Crippen molar-refractivity contribution in [2.75, 3.05) is 6.61 Å². The third kappa shape index (κ3) is 5.47. The summed E-state index contributed by atoms with van der Waals surface area (Å²) >= 11 is 6.11. The Hall–Kier alpha value is -3.05. The zero-order valence-corrected chi connectivity index (χ0v) is 23.6. The van der Waals surface area contributed by atoms with E-state index in [1.165, 1.54) is 0 Å². The maximum atomic E-state index is 13.6. The summed E-state index contributed by atoms with van der Waals surface area (Å²) < 4.78 is 11.7. The van der Waals surface area contributed by atoms with Crippen LogP contribution < -0.4 is 10.1 Å². The molecule has 1 aliphatic carbocycles. The minimum Gasteiger partial charge on any atom is -0.489 e. The average Bonchev–Trinajstić information content (AvgIpc) is 2.78. The lowest BCUT2D eigenvalue weighted by Crippen LogP contribution is -2.39. The first-order valence-corrected chi connectivity index (χ1v) is 13.2. The van der Waals surface area contributed by atoms with Crippen LogP contribution in [0.5, 0.6) is 5.75 Å². The van der Waals surface area contributed by atoms with Gasteiger partial charge >= 0.3 is 5.97 Å². The van der Waals surface area contributed by atoms with Gasteiger partial charge < -0.3 is 14.8 Å². The van der Waals surface area contributed by atoms with Gasteiger partial charge in [0.15, 0.2) is 5.78 Å². The number of rotatable bonds is 6. The summed E-state index contributed by atoms with van der Waals surface area (Å²) in [5, 5.41) is 4.07. The summed E-state index contributed by atoms with van der Waals surface area (Å²) in [5.41, 5.74) is 7.69. The summed E-state index contributed by atoms with van der Waals surface area (Å²) in [6.07, 6.45) is 1.19. The number of aryl methyl sites for hydroxylation is 3. The van der Waals surface area contributed by atoms with Crippen LogP contribution in [0.2, 0.25) is 5.02 Å². The molecule has 1 N–H and O–H groups in total. The Morgan fingerprint density at radius 1 is 1.05 bits per heavy atom. The van der Waals surface area contributed by atoms with E-state index in [0.29, 0.717) is 29.2 Å². The van der Waals surface area contributed by atoms with E-state index < -0.39 is 11.9 Å². The Balaban J connectivity index is 1.81. The van der Waals surface area contributed by atoms with Crippen molar-refractivity contribution in [2.24, 2.45) is 5.41 Å². The molecule has 0 amide bonds. The quantitative estimate of drug-likeness (QED) is 0.414. The van der Waals surface area contributed by atoms with E-state index in [0.717, 1.165) is 51.4 Å². The van der Waals surface area contributed by atoms with E-state index in [1.54, 1.807) is 6.92 Å². The second kappa shape index (κ2) is 10.4. The van der Waals surface area contributed by atoms with E-state index in [-0.39, 0.29) is 17.8 Å². The molecule has 0 bridgehead atoms. The van der Waals surface area contributed by atoms with Crippen molar-refractivity contribution in [2.45, 2.75) is 73.8 Å². The molecule has 1 atom stereocenters. The molecule has 0 saturated carbocycles. The number of carbonyl (C=O) groups excluding carboxylic acids is 2. The number of ketones is 1. The van der Waals surface area contributed by atoms with Gasteiger partial charge in [-0.25, -0.2) is 4.79 Å². The molecule has 0 aromatic heterocycles. The third-order valence-corrected chi connectivity index (χ3v) is 7.53. The van der Waals surface area contributed by atoms with Gasteiger partial charge in [0, 0.05) is 34.3 Å². The number of hydrogen-bond donors (Lipinski definition) is 1. The molecule has 2 aliphatic rings. The van der Waals surface area contributed by atoms with Gasteiger partial charge in [-0.15, -0.1) is 0 Å². The van der Waals surface area contributed by atoms with Crippen LogP contribution in [0, 0.1) is 26.2 Å². The van der Waals surface area contributed by atoms with Crippen LogP contribution in [0.15, 0.2) is 52.9 Å². The third-order valence-electron chi connectivity index (χ3n) is 7.29. The van der Waals surface area contributed by atoms with Crippen molar-refractivity contribution in [1.82, 2.24) is 5.32 Å². The van der Waals surface area contributed by atoms with Gasteiger partial charge in [0.25, 0.3) is 0 Å². The standard InChI is InChI=1S/C31H36ClNO4/c1-8-36-30(35)27-20(5)33-24-14-31(6,7)15-25(34)29(24)28(27)23-13-21(17(2)11-18(23)3)16-37-26-10-9-22(32)12-19(26)4/h9-13,28,33H,8,14-16H2,1-7H3/t28-/m1/s1. The number of dihydropyridines is 1. The average molecular weight is 522 g/mol. The number of ether oxygens (including phenoxy) is 2. The number of carbonyl (C=O) groups is 2. The minimum absolute atomic E-state index is 0.0765. The van der Waals surface area contributed by atoms with Crippen LogP contribution >= 0.6 is 11.6 Å². The van der Waals surface area contributed by atoms with Gasteiger partial charge in [0.1, 0.15) is 12.4 Å².